The molecule has 0 aliphatic carbocycles. The van der Waals surface area contributed by atoms with Crippen LogP contribution in [0, 0.1) is 0 Å². The molecule has 4 nitrogen and oxygen atoms in total. The van der Waals surface area contributed by atoms with Crippen LogP contribution in [0.5, 0.6) is 0 Å². The molecule has 1 amide bonds. The molecule has 76 valence electrons. The number of benzene rings is 1. The minimum absolute atomic E-state index is 0.302. The van der Waals surface area contributed by atoms with E-state index in [9.17, 15) is 4.79 Å². The summed E-state index contributed by atoms with van der Waals surface area (Å²) in [5.74, 6) is -0.302. The van der Waals surface area contributed by atoms with Crippen molar-refractivity contribution in [1.82, 2.24) is 5.16 Å². The van der Waals surface area contributed by atoms with Crippen molar-refractivity contribution in [2.75, 3.05) is 5.32 Å². The van der Waals surface area contributed by atoms with Gasteiger partial charge in [-0.3, -0.25) is 4.79 Å². The Morgan fingerprint density at radius 2 is 2.20 bits per heavy atom. The number of para-hydroxylation sites is 1. The number of anilines is 1. The molecule has 1 aromatic heterocycles. The first-order chi connectivity index (χ1) is 7.27. The molecule has 1 N–H and O–H groups in total. The summed E-state index contributed by atoms with van der Waals surface area (Å²) in [6.07, 6.45) is 2.61. The highest BCUT2D eigenvalue weighted by Gasteiger charge is 2.09. The molecule has 15 heavy (non-hydrogen) atoms. The fourth-order valence-corrected chi connectivity index (χ4v) is 1.26. The Kier molecular flexibility index (Phi) is 2.69. The van der Waals surface area contributed by atoms with Crippen molar-refractivity contribution in [1.29, 1.82) is 0 Å². The molecule has 0 saturated heterocycles. The molecule has 0 saturated carbocycles. The smallest absolute Gasteiger partial charge is 0.260 e. The van der Waals surface area contributed by atoms with Gasteiger partial charge in [-0.15, -0.1) is 0 Å². The maximum atomic E-state index is 11.6. The van der Waals surface area contributed by atoms with E-state index in [2.05, 4.69) is 15.0 Å². The first-order valence-electron chi connectivity index (χ1n) is 4.22. The quantitative estimate of drug-likeness (QED) is 0.850. The lowest BCUT2D eigenvalue weighted by molar-refractivity contribution is 0.102. The van der Waals surface area contributed by atoms with Crippen molar-refractivity contribution in [3.63, 3.8) is 0 Å². The maximum absolute atomic E-state index is 11.6. The second-order valence-electron chi connectivity index (χ2n) is 2.85. The average molecular weight is 223 g/mol. The van der Waals surface area contributed by atoms with E-state index >= 15 is 0 Å². The Labute approximate surface area is 90.8 Å². The normalized spacial score (nSPS) is 9.93. The molecule has 0 radical (unpaired) electrons. The number of carbonyl (C=O) groups excluding carboxylic acids is 1. The second kappa shape index (κ2) is 4.14. The van der Waals surface area contributed by atoms with Crippen LogP contribution in [0.1, 0.15) is 10.4 Å². The summed E-state index contributed by atoms with van der Waals surface area (Å²) < 4.78 is 4.56. The van der Waals surface area contributed by atoms with Crippen molar-refractivity contribution in [2.24, 2.45) is 0 Å². The number of nitrogens with zero attached hydrogens (tertiary/aromatic N) is 1. The molecule has 1 heterocycles. The van der Waals surface area contributed by atoms with E-state index < -0.39 is 0 Å². The van der Waals surface area contributed by atoms with Crippen molar-refractivity contribution in [3.8, 4) is 0 Å². The summed E-state index contributed by atoms with van der Waals surface area (Å²) in [6, 6.07) is 6.99. The molecule has 0 bridgehead atoms. The molecule has 2 aromatic rings. The monoisotopic (exact) mass is 222 g/mol. The van der Waals surface area contributed by atoms with E-state index in [1.54, 1.807) is 24.3 Å². The van der Waals surface area contributed by atoms with Crippen LogP contribution in [0.15, 0.2) is 41.2 Å². The molecule has 0 aliphatic heterocycles. The van der Waals surface area contributed by atoms with Crippen molar-refractivity contribution in [3.05, 3.63) is 47.3 Å². The predicted molar refractivity (Wildman–Crippen MR) is 55.9 cm³/mol. The number of halogens is 1. The van der Waals surface area contributed by atoms with E-state index in [1.165, 1.54) is 12.5 Å². The summed E-state index contributed by atoms with van der Waals surface area (Å²) in [5, 5.41) is 6.57. The lowest BCUT2D eigenvalue weighted by Gasteiger charge is -2.04. The SMILES string of the molecule is O=C(Nc1ccccc1Cl)c1cnoc1. The van der Waals surface area contributed by atoms with E-state index in [4.69, 9.17) is 11.6 Å². The van der Waals surface area contributed by atoms with Crippen molar-refractivity contribution in [2.45, 2.75) is 0 Å². The zero-order chi connectivity index (χ0) is 10.7. The number of nitrogens with one attached hydrogen (secondary N) is 1. The van der Waals surface area contributed by atoms with Crippen LogP contribution in [0.4, 0.5) is 5.69 Å². The molecule has 0 fully saturated rings. The van der Waals surface area contributed by atoms with Crippen LogP contribution >= 0.6 is 11.6 Å². The average Bonchev–Trinajstić information content (AvgIpc) is 2.74. The third-order valence-electron chi connectivity index (χ3n) is 1.82. The van der Waals surface area contributed by atoms with Crippen LogP contribution in [-0.4, -0.2) is 11.1 Å². The third kappa shape index (κ3) is 2.16. The molecule has 0 aliphatic rings. The molecule has 0 spiro atoms. The largest absolute Gasteiger partial charge is 0.364 e. The predicted octanol–water partition coefficient (Wildman–Crippen LogP) is 2.58. The van der Waals surface area contributed by atoms with Gasteiger partial charge in [0.25, 0.3) is 5.91 Å². The minimum atomic E-state index is -0.302. The van der Waals surface area contributed by atoms with Gasteiger partial charge in [-0.25, -0.2) is 0 Å². The van der Waals surface area contributed by atoms with Crippen molar-refractivity contribution < 1.29 is 9.32 Å². The first kappa shape index (κ1) is 9.73. The fourth-order valence-electron chi connectivity index (χ4n) is 1.07. The lowest BCUT2D eigenvalue weighted by Crippen LogP contribution is -2.11. The summed E-state index contributed by atoms with van der Waals surface area (Å²) in [5.41, 5.74) is 0.917. The van der Waals surface area contributed by atoms with Gasteiger partial charge in [-0.05, 0) is 12.1 Å². The van der Waals surface area contributed by atoms with Gasteiger partial charge in [0.2, 0.25) is 0 Å². The third-order valence-corrected chi connectivity index (χ3v) is 2.15. The van der Waals surface area contributed by atoms with Gasteiger partial charge in [0.05, 0.1) is 22.5 Å². The fraction of sp³-hybridized carbons (Fsp3) is 0. The van der Waals surface area contributed by atoms with Crippen molar-refractivity contribution >= 4 is 23.2 Å². The Morgan fingerprint density at radius 1 is 1.40 bits per heavy atom. The maximum Gasteiger partial charge on any atom is 0.260 e. The van der Waals surface area contributed by atoms with Gasteiger partial charge in [-0.2, -0.15) is 0 Å². The Balaban J connectivity index is 2.17. The molecular formula is C10H7ClN2O2. The van der Waals surface area contributed by atoms with Crippen LogP contribution in [-0.2, 0) is 0 Å². The number of amides is 1. The van der Waals surface area contributed by atoms with Gasteiger partial charge in [0.15, 0.2) is 0 Å². The Bertz CT molecular complexity index is 468. The van der Waals surface area contributed by atoms with Gasteiger partial charge >= 0.3 is 0 Å². The lowest BCUT2D eigenvalue weighted by atomic mass is 10.3. The number of hydrogen-bond donors (Lipinski definition) is 1. The molecular weight excluding hydrogens is 216 g/mol. The van der Waals surface area contributed by atoms with E-state index in [-0.39, 0.29) is 5.91 Å². The summed E-state index contributed by atoms with van der Waals surface area (Å²) in [6.45, 7) is 0. The Hall–Kier alpha value is -1.81. The zero-order valence-corrected chi connectivity index (χ0v) is 8.36. The topological polar surface area (TPSA) is 55.1 Å². The zero-order valence-electron chi connectivity index (χ0n) is 7.61. The molecule has 1 aromatic carbocycles. The van der Waals surface area contributed by atoms with E-state index in [0.29, 0.717) is 16.3 Å². The molecule has 5 heteroatoms. The van der Waals surface area contributed by atoms with E-state index in [1.807, 2.05) is 0 Å². The Morgan fingerprint density at radius 3 is 2.87 bits per heavy atom. The highest BCUT2D eigenvalue weighted by molar-refractivity contribution is 6.33. The summed E-state index contributed by atoms with van der Waals surface area (Å²) in [4.78, 5) is 11.6. The van der Waals surface area contributed by atoms with Crippen LogP contribution in [0.2, 0.25) is 5.02 Å². The van der Waals surface area contributed by atoms with Gasteiger partial charge < -0.3 is 9.84 Å². The number of aromatic nitrogens is 1. The van der Waals surface area contributed by atoms with Gasteiger partial charge in [-0.1, -0.05) is 28.9 Å². The molecule has 0 atom stereocenters. The first-order valence-corrected chi connectivity index (χ1v) is 4.60. The summed E-state index contributed by atoms with van der Waals surface area (Å²) >= 11 is 5.88. The van der Waals surface area contributed by atoms with Crippen LogP contribution < -0.4 is 5.32 Å². The standard InChI is InChI=1S/C10H7ClN2O2/c11-8-3-1-2-4-9(8)13-10(14)7-5-12-15-6-7/h1-6H,(H,13,14). The van der Waals surface area contributed by atoms with Crippen LogP contribution in [0.25, 0.3) is 0 Å². The van der Waals surface area contributed by atoms with Crippen LogP contribution in [0.3, 0.4) is 0 Å². The highest BCUT2D eigenvalue weighted by Crippen LogP contribution is 2.20. The summed E-state index contributed by atoms with van der Waals surface area (Å²) in [7, 11) is 0. The number of carbonyl (C=O) groups is 1. The highest BCUT2D eigenvalue weighted by atomic mass is 35.5. The second-order valence-corrected chi connectivity index (χ2v) is 3.25. The molecule has 0 unspecified atom stereocenters. The molecule has 2 rings (SSSR count). The van der Waals surface area contributed by atoms with Gasteiger partial charge in [0, 0.05) is 0 Å². The number of rotatable bonds is 2. The number of hydrogen-bond acceptors (Lipinski definition) is 3. The van der Waals surface area contributed by atoms with E-state index in [0.717, 1.165) is 0 Å². The van der Waals surface area contributed by atoms with Gasteiger partial charge in [0.1, 0.15) is 6.26 Å². The minimum Gasteiger partial charge on any atom is -0.364 e.